The number of benzene rings is 1. The molecular formula is C13H14ClNO3. The van der Waals surface area contributed by atoms with E-state index in [1.807, 2.05) is 6.07 Å². The third-order valence-corrected chi connectivity index (χ3v) is 3.26. The monoisotopic (exact) mass is 267 g/mol. The van der Waals surface area contributed by atoms with Crippen LogP contribution in [0.4, 0.5) is 0 Å². The van der Waals surface area contributed by atoms with Gasteiger partial charge in [-0.05, 0) is 25.5 Å². The highest BCUT2D eigenvalue weighted by Gasteiger charge is 2.41. The summed E-state index contributed by atoms with van der Waals surface area (Å²) in [6, 6.07) is 7.15. The van der Waals surface area contributed by atoms with Crippen LogP contribution in [0.1, 0.15) is 25.8 Å². The van der Waals surface area contributed by atoms with Crippen molar-refractivity contribution in [2.75, 3.05) is 0 Å². The van der Waals surface area contributed by atoms with Crippen LogP contribution in [0.15, 0.2) is 24.3 Å². The fraction of sp³-hybridized carbons (Fsp3) is 0.385. The molecular weight excluding hydrogens is 254 g/mol. The molecule has 96 valence electrons. The maximum absolute atomic E-state index is 11.9. The van der Waals surface area contributed by atoms with Crippen molar-refractivity contribution in [3.8, 4) is 0 Å². The highest BCUT2D eigenvalue weighted by molar-refractivity contribution is 6.31. The second-order valence-corrected chi connectivity index (χ2v) is 5.37. The third kappa shape index (κ3) is 2.48. The summed E-state index contributed by atoms with van der Waals surface area (Å²) in [5.41, 5.74) is -0.00587. The second-order valence-electron chi connectivity index (χ2n) is 4.96. The van der Waals surface area contributed by atoms with Gasteiger partial charge in [-0.2, -0.15) is 5.06 Å². The molecule has 5 heteroatoms. The lowest BCUT2D eigenvalue weighted by atomic mass is 9.88. The van der Waals surface area contributed by atoms with Gasteiger partial charge in [0.05, 0.1) is 12.0 Å². The van der Waals surface area contributed by atoms with Gasteiger partial charge >= 0.3 is 5.97 Å². The van der Waals surface area contributed by atoms with Crippen LogP contribution in [-0.4, -0.2) is 16.9 Å². The van der Waals surface area contributed by atoms with Crippen LogP contribution in [-0.2, 0) is 21.0 Å². The van der Waals surface area contributed by atoms with E-state index < -0.39 is 11.4 Å². The number of carbonyl (C=O) groups excluding carboxylic acids is 2. The largest absolute Gasteiger partial charge is 0.338 e. The molecule has 0 bridgehead atoms. The zero-order valence-corrected chi connectivity index (χ0v) is 11.0. The smallest absolute Gasteiger partial charge is 0.337 e. The number of carbonyl (C=O) groups is 2. The molecule has 1 aliphatic rings. The van der Waals surface area contributed by atoms with Crippen molar-refractivity contribution in [2.45, 2.75) is 26.8 Å². The van der Waals surface area contributed by atoms with Gasteiger partial charge in [0.1, 0.15) is 0 Å². The molecule has 1 fully saturated rings. The molecule has 0 atom stereocenters. The SMILES string of the molecule is CC1(C)CC(=O)N(Cc2ccccc2Cl)OC1=O. The molecule has 0 radical (unpaired) electrons. The summed E-state index contributed by atoms with van der Waals surface area (Å²) >= 11 is 6.01. The van der Waals surface area contributed by atoms with E-state index in [2.05, 4.69) is 0 Å². The van der Waals surface area contributed by atoms with E-state index in [1.54, 1.807) is 32.0 Å². The fourth-order valence-corrected chi connectivity index (χ4v) is 1.91. The summed E-state index contributed by atoms with van der Waals surface area (Å²) in [5.74, 6) is -0.603. The summed E-state index contributed by atoms with van der Waals surface area (Å²) in [6.07, 6.45) is 0.149. The first kappa shape index (κ1) is 12.9. The summed E-state index contributed by atoms with van der Waals surface area (Å²) in [7, 11) is 0. The van der Waals surface area contributed by atoms with E-state index in [4.69, 9.17) is 16.4 Å². The minimum Gasteiger partial charge on any atom is -0.337 e. The van der Waals surface area contributed by atoms with Crippen LogP contribution < -0.4 is 0 Å². The number of nitrogens with zero attached hydrogens (tertiary/aromatic N) is 1. The van der Waals surface area contributed by atoms with Crippen molar-refractivity contribution in [3.63, 3.8) is 0 Å². The van der Waals surface area contributed by atoms with Crippen molar-refractivity contribution < 1.29 is 14.4 Å². The van der Waals surface area contributed by atoms with Gasteiger partial charge in [0.15, 0.2) is 0 Å². The molecule has 4 nitrogen and oxygen atoms in total. The Hall–Kier alpha value is -1.55. The quantitative estimate of drug-likeness (QED) is 0.827. The van der Waals surface area contributed by atoms with E-state index in [9.17, 15) is 9.59 Å². The average Bonchev–Trinajstić information content (AvgIpc) is 2.28. The molecule has 0 unspecified atom stereocenters. The Bertz CT molecular complexity index is 499. The van der Waals surface area contributed by atoms with Gasteiger partial charge in [0.25, 0.3) is 5.91 Å². The van der Waals surface area contributed by atoms with Crippen LogP contribution >= 0.6 is 11.6 Å². The molecule has 1 aliphatic heterocycles. The fourth-order valence-electron chi connectivity index (χ4n) is 1.71. The van der Waals surface area contributed by atoms with E-state index in [0.717, 1.165) is 10.6 Å². The maximum atomic E-state index is 11.9. The van der Waals surface area contributed by atoms with Gasteiger partial charge in [0.2, 0.25) is 0 Å². The lowest BCUT2D eigenvalue weighted by Crippen LogP contribution is -2.46. The highest BCUT2D eigenvalue weighted by Crippen LogP contribution is 2.30. The average molecular weight is 268 g/mol. The van der Waals surface area contributed by atoms with Crippen LogP contribution in [0, 0.1) is 5.41 Å². The predicted octanol–water partition coefficient (Wildman–Crippen LogP) is 2.56. The lowest BCUT2D eigenvalue weighted by molar-refractivity contribution is -0.221. The van der Waals surface area contributed by atoms with Gasteiger partial charge in [-0.3, -0.25) is 4.79 Å². The maximum Gasteiger partial charge on any atom is 0.338 e. The van der Waals surface area contributed by atoms with Crippen LogP contribution in [0.2, 0.25) is 5.02 Å². The van der Waals surface area contributed by atoms with Crippen LogP contribution in [0.3, 0.4) is 0 Å². The second kappa shape index (κ2) is 4.61. The van der Waals surface area contributed by atoms with Crippen molar-refractivity contribution >= 4 is 23.5 Å². The van der Waals surface area contributed by atoms with Crippen molar-refractivity contribution in [1.82, 2.24) is 5.06 Å². The number of hydroxylamine groups is 2. The molecule has 1 aromatic rings. The first-order valence-corrected chi connectivity index (χ1v) is 6.04. The Morgan fingerprint density at radius 1 is 1.33 bits per heavy atom. The molecule has 1 saturated heterocycles. The summed E-state index contributed by atoms with van der Waals surface area (Å²) in [6.45, 7) is 3.57. The number of hydrogen-bond acceptors (Lipinski definition) is 3. The molecule has 0 aromatic heterocycles. The number of rotatable bonds is 2. The first-order valence-electron chi connectivity index (χ1n) is 5.66. The zero-order chi connectivity index (χ0) is 13.3. The van der Waals surface area contributed by atoms with E-state index >= 15 is 0 Å². The predicted molar refractivity (Wildman–Crippen MR) is 66.5 cm³/mol. The summed E-state index contributed by atoms with van der Waals surface area (Å²) in [5, 5.41) is 1.63. The van der Waals surface area contributed by atoms with Crippen molar-refractivity contribution in [2.24, 2.45) is 5.41 Å². The van der Waals surface area contributed by atoms with Crippen LogP contribution in [0.25, 0.3) is 0 Å². The van der Waals surface area contributed by atoms with Gasteiger partial charge in [-0.1, -0.05) is 29.8 Å². The van der Waals surface area contributed by atoms with E-state index in [0.29, 0.717) is 5.02 Å². The zero-order valence-electron chi connectivity index (χ0n) is 10.3. The lowest BCUT2D eigenvalue weighted by Gasteiger charge is -2.33. The molecule has 2 rings (SSSR count). The number of halogens is 1. The molecule has 18 heavy (non-hydrogen) atoms. The minimum atomic E-state index is -0.756. The van der Waals surface area contributed by atoms with E-state index in [-0.39, 0.29) is 18.9 Å². The molecule has 0 N–H and O–H groups in total. The molecule has 1 aromatic carbocycles. The van der Waals surface area contributed by atoms with Crippen molar-refractivity contribution in [1.29, 1.82) is 0 Å². The molecule has 0 aliphatic carbocycles. The Morgan fingerprint density at radius 3 is 2.67 bits per heavy atom. The van der Waals surface area contributed by atoms with Gasteiger partial charge in [-0.25, -0.2) is 4.79 Å². The van der Waals surface area contributed by atoms with Gasteiger partial charge in [-0.15, -0.1) is 0 Å². The third-order valence-electron chi connectivity index (χ3n) is 2.89. The Balaban J connectivity index is 2.14. The number of amides is 1. The highest BCUT2D eigenvalue weighted by atomic mass is 35.5. The normalized spacial score (nSPS) is 18.7. The van der Waals surface area contributed by atoms with Gasteiger partial charge in [0, 0.05) is 11.4 Å². The summed E-state index contributed by atoms with van der Waals surface area (Å²) < 4.78 is 0. The first-order chi connectivity index (χ1) is 8.40. The molecule has 1 amide bonds. The van der Waals surface area contributed by atoms with E-state index in [1.165, 1.54) is 0 Å². The standard InChI is InChI=1S/C13H14ClNO3/c1-13(2)7-11(16)15(18-12(13)17)8-9-5-3-4-6-10(9)14/h3-6H,7-8H2,1-2H3. The Labute approximate surface area is 110 Å². The number of hydrogen-bond donors (Lipinski definition) is 0. The topological polar surface area (TPSA) is 46.6 Å². The van der Waals surface area contributed by atoms with Crippen molar-refractivity contribution in [3.05, 3.63) is 34.9 Å². The van der Waals surface area contributed by atoms with Crippen LogP contribution in [0.5, 0.6) is 0 Å². The minimum absolute atomic E-state index is 0.149. The van der Waals surface area contributed by atoms with Gasteiger partial charge < -0.3 is 4.84 Å². The Morgan fingerprint density at radius 2 is 2.00 bits per heavy atom. The molecule has 0 spiro atoms. The molecule has 1 heterocycles. The molecule has 0 saturated carbocycles. The summed E-state index contributed by atoms with van der Waals surface area (Å²) in [4.78, 5) is 28.6. The Kier molecular flexibility index (Phi) is 3.30.